The van der Waals surface area contributed by atoms with Crippen LogP contribution in [0, 0.1) is 0 Å². The van der Waals surface area contributed by atoms with Gasteiger partial charge in [0, 0.05) is 29.6 Å². The summed E-state index contributed by atoms with van der Waals surface area (Å²) in [5.74, 6) is 0.637. The molecule has 192 valence electrons. The van der Waals surface area contributed by atoms with Crippen LogP contribution in [0.1, 0.15) is 68.5 Å². The molecule has 2 aromatic carbocycles. The normalized spacial score (nSPS) is 22.2. The highest BCUT2D eigenvalue weighted by atomic mass is 16.5. The van der Waals surface area contributed by atoms with Gasteiger partial charge >= 0.3 is 0 Å². The third-order valence-corrected chi connectivity index (χ3v) is 7.41. The van der Waals surface area contributed by atoms with Gasteiger partial charge < -0.3 is 14.8 Å². The number of amides is 1. The van der Waals surface area contributed by atoms with Crippen molar-refractivity contribution in [2.75, 3.05) is 19.8 Å². The number of unbranched alkanes of at least 4 members (excludes halogenated alkanes) is 1. The molecule has 3 aromatic rings. The highest BCUT2D eigenvalue weighted by Gasteiger charge is 2.39. The number of nitrogens with one attached hydrogen (secondary N) is 1. The molecule has 0 aliphatic carbocycles. The van der Waals surface area contributed by atoms with Crippen LogP contribution in [0.4, 0.5) is 0 Å². The minimum Gasteiger partial charge on any atom is -0.487 e. The van der Waals surface area contributed by atoms with Crippen LogP contribution in [-0.2, 0) is 11.3 Å². The van der Waals surface area contributed by atoms with Crippen molar-refractivity contribution < 1.29 is 14.3 Å². The first-order valence-electron chi connectivity index (χ1n) is 13.4. The van der Waals surface area contributed by atoms with E-state index in [2.05, 4.69) is 31.0 Å². The van der Waals surface area contributed by atoms with Crippen molar-refractivity contribution in [2.45, 2.75) is 77.2 Å². The maximum Gasteiger partial charge on any atom is 0.272 e. The molecule has 7 nitrogen and oxygen atoms in total. The quantitative estimate of drug-likeness (QED) is 0.459. The second-order valence-electron chi connectivity index (χ2n) is 10.4. The first kappa shape index (κ1) is 24.8. The number of hydrogen-bond acceptors (Lipinski definition) is 5. The Bertz CT molecular complexity index is 1160. The molecular weight excluding hydrogens is 452 g/mol. The number of hydrogen-bond donors (Lipinski definition) is 1. The number of carbonyl (C=O) groups excluding carboxylic acids is 1. The zero-order valence-electron chi connectivity index (χ0n) is 21.7. The molecule has 36 heavy (non-hydrogen) atoms. The maximum atomic E-state index is 13.6. The van der Waals surface area contributed by atoms with Crippen LogP contribution < -0.4 is 10.1 Å². The van der Waals surface area contributed by atoms with Gasteiger partial charge in [0.2, 0.25) is 0 Å². The lowest BCUT2D eigenvalue weighted by atomic mass is 9.89. The smallest absolute Gasteiger partial charge is 0.272 e. The molecule has 0 unspecified atom stereocenters. The molecule has 3 atom stereocenters. The lowest BCUT2D eigenvalue weighted by Crippen LogP contribution is -2.60. The number of nitrogens with zero attached hydrogens (tertiary/aromatic N) is 3. The fourth-order valence-electron chi connectivity index (χ4n) is 5.62. The Morgan fingerprint density at radius 3 is 2.56 bits per heavy atom. The van der Waals surface area contributed by atoms with E-state index in [1.54, 1.807) is 0 Å². The molecule has 2 fully saturated rings. The summed E-state index contributed by atoms with van der Waals surface area (Å²) in [5, 5.41) is 8.94. The van der Waals surface area contributed by atoms with Crippen molar-refractivity contribution in [3.63, 3.8) is 0 Å². The van der Waals surface area contributed by atoms with Crippen LogP contribution in [0.5, 0.6) is 5.75 Å². The van der Waals surface area contributed by atoms with E-state index in [1.165, 1.54) is 12.8 Å². The minimum atomic E-state index is -0.106. The molecular formula is C29H38N4O3. The number of fused-ring (bicyclic) bond motifs is 3. The van der Waals surface area contributed by atoms with Crippen LogP contribution in [0.25, 0.3) is 10.9 Å². The molecule has 1 N–H and O–H groups in total. The molecule has 0 radical (unpaired) electrons. The third-order valence-electron chi connectivity index (χ3n) is 7.41. The SMILES string of the molecule is CCCCN1[C@@H]2COC[C@H]1C[C@@H](NC(=O)c1nn(C(C)C)c3c(OCc4ccccc4)cccc13)C2. The average molecular weight is 491 g/mol. The third kappa shape index (κ3) is 5.13. The highest BCUT2D eigenvalue weighted by Crippen LogP contribution is 2.32. The number of ether oxygens (including phenoxy) is 2. The van der Waals surface area contributed by atoms with Crippen molar-refractivity contribution in [1.82, 2.24) is 20.0 Å². The van der Waals surface area contributed by atoms with E-state index in [1.807, 2.05) is 53.2 Å². The predicted octanol–water partition coefficient (Wildman–Crippen LogP) is 4.96. The summed E-state index contributed by atoms with van der Waals surface area (Å²) in [4.78, 5) is 16.2. The number of benzene rings is 2. The summed E-state index contributed by atoms with van der Waals surface area (Å²) in [7, 11) is 0. The second kappa shape index (κ2) is 11.0. The predicted molar refractivity (Wildman–Crippen MR) is 141 cm³/mol. The fourth-order valence-corrected chi connectivity index (χ4v) is 5.62. The lowest BCUT2D eigenvalue weighted by Gasteiger charge is -2.48. The number of piperidine rings is 1. The van der Waals surface area contributed by atoms with Crippen LogP contribution in [-0.4, -0.2) is 58.5 Å². The summed E-state index contributed by atoms with van der Waals surface area (Å²) in [6, 6.07) is 17.0. The molecule has 5 rings (SSSR count). The van der Waals surface area contributed by atoms with Gasteiger partial charge in [0.25, 0.3) is 5.91 Å². The second-order valence-corrected chi connectivity index (χ2v) is 10.4. The number of carbonyl (C=O) groups is 1. The Morgan fingerprint density at radius 1 is 1.11 bits per heavy atom. The Balaban J connectivity index is 1.36. The number of rotatable bonds is 9. The Hall–Kier alpha value is -2.90. The molecule has 1 amide bonds. The van der Waals surface area contributed by atoms with Crippen molar-refractivity contribution in [3.05, 3.63) is 59.8 Å². The van der Waals surface area contributed by atoms with Gasteiger partial charge in [-0.2, -0.15) is 5.10 Å². The highest BCUT2D eigenvalue weighted by molar-refractivity contribution is 6.06. The monoisotopic (exact) mass is 490 g/mol. The van der Waals surface area contributed by atoms with Gasteiger partial charge in [0.15, 0.2) is 5.69 Å². The van der Waals surface area contributed by atoms with Crippen LogP contribution >= 0.6 is 0 Å². The molecule has 2 bridgehead atoms. The number of para-hydroxylation sites is 1. The minimum absolute atomic E-state index is 0.0915. The zero-order valence-corrected chi connectivity index (χ0v) is 21.7. The summed E-state index contributed by atoms with van der Waals surface area (Å²) in [5.41, 5.74) is 2.44. The molecule has 1 aromatic heterocycles. The van der Waals surface area contributed by atoms with Crippen LogP contribution in [0.15, 0.2) is 48.5 Å². The molecule has 0 saturated carbocycles. The van der Waals surface area contributed by atoms with E-state index < -0.39 is 0 Å². The van der Waals surface area contributed by atoms with Crippen molar-refractivity contribution in [1.29, 1.82) is 0 Å². The van der Waals surface area contributed by atoms with Gasteiger partial charge in [-0.3, -0.25) is 14.4 Å². The van der Waals surface area contributed by atoms with Crippen molar-refractivity contribution in [2.24, 2.45) is 0 Å². The van der Waals surface area contributed by atoms with E-state index in [0.29, 0.717) is 24.4 Å². The molecule has 2 aliphatic heterocycles. The van der Waals surface area contributed by atoms with Gasteiger partial charge in [-0.15, -0.1) is 0 Å². The number of aromatic nitrogens is 2. The van der Waals surface area contributed by atoms with E-state index in [9.17, 15) is 4.79 Å². The molecule has 7 heteroatoms. The maximum absolute atomic E-state index is 13.6. The van der Waals surface area contributed by atoms with E-state index in [4.69, 9.17) is 14.6 Å². The summed E-state index contributed by atoms with van der Waals surface area (Å²) < 4.78 is 14.0. The Kier molecular flexibility index (Phi) is 7.58. The molecule has 3 heterocycles. The Labute approximate surface area is 213 Å². The van der Waals surface area contributed by atoms with Crippen molar-refractivity contribution >= 4 is 16.8 Å². The average Bonchev–Trinajstić information content (AvgIpc) is 3.28. The van der Waals surface area contributed by atoms with Crippen LogP contribution in [0.2, 0.25) is 0 Å². The van der Waals surface area contributed by atoms with E-state index in [0.717, 1.165) is 54.8 Å². The molecule has 0 spiro atoms. The van der Waals surface area contributed by atoms with Gasteiger partial charge in [-0.25, -0.2) is 0 Å². The van der Waals surface area contributed by atoms with Crippen molar-refractivity contribution in [3.8, 4) is 5.75 Å². The van der Waals surface area contributed by atoms with Gasteiger partial charge in [-0.1, -0.05) is 55.8 Å². The number of morpholine rings is 1. The topological polar surface area (TPSA) is 68.6 Å². The van der Waals surface area contributed by atoms with Gasteiger partial charge in [0.05, 0.1) is 13.2 Å². The van der Waals surface area contributed by atoms with Crippen LogP contribution in [0.3, 0.4) is 0 Å². The van der Waals surface area contributed by atoms with E-state index in [-0.39, 0.29) is 18.0 Å². The van der Waals surface area contributed by atoms with Gasteiger partial charge in [0.1, 0.15) is 17.9 Å². The summed E-state index contributed by atoms with van der Waals surface area (Å²) in [6.45, 7) is 9.47. The lowest BCUT2D eigenvalue weighted by molar-refractivity contribution is -0.0802. The standard InChI is InChI=1S/C29H38N4O3/c1-4-5-14-32-23-15-22(16-24(32)19-35-18-23)30-29(34)27-25-12-9-13-26(28(25)33(31-27)20(2)3)36-17-21-10-7-6-8-11-21/h6-13,20,22-24H,4-5,14-19H2,1-3H3,(H,30,34)/t22-,23-,24+. The first-order valence-corrected chi connectivity index (χ1v) is 13.4. The van der Waals surface area contributed by atoms with Gasteiger partial charge in [-0.05, 0) is 51.3 Å². The molecule has 2 saturated heterocycles. The summed E-state index contributed by atoms with van der Waals surface area (Å²) in [6.07, 6.45) is 4.23. The zero-order chi connectivity index (χ0) is 25.1. The first-order chi connectivity index (χ1) is 17.5. The largest absolute Gasteiger partial charge is 0.487 e. The molecule has 2 aliphatic rings. The summed E-state index contributed by atoms with van der Waals surface area (Å²) >= 11 is 0. The van der Waals surface area contributed by atoms with E-state index >= 15 is 0 Å². The Morgan fingerprint density at radius 2 is 1.86 bits per heavy atom. The fraction of sp³-hybridized carbons (Fsp3) is 0.517.